The summed E-state index contributed by atoms with van der Waals surface area (Å²) in [4.78, 5) is 0. The van der Waals surface area contributed by atoms with E-state index in [4.69, 9.17) is 0 Å². The molecule has 1 unspecified atom stereocenters. The van der Waals surface area contributed by atoms with Crippen LogP contribution in [0.4, 0.5) is 0 Å². The van der Waals surface area contributed by atoms with Gasteiger partial charge in [-0.2, -0.15) is 0 Å². The first kappa shape index (κ1) is 15.1. The van der Waals surface area contributed by atoms with Gasteiger partial charge in [0.15, 0.2) is 0 Å². The van der Waals surface area contributed by atoms with Gasteiger partial charge in [-0.3, -0.25) is 0 Å². The van der Waals surface area contributed by atoms with Crippen LogP contribution in [0.1, 0.15) is 62.6 Å². The molecular weight excluding hydrogens is 264 g/mol. The van der Waals surface area contributed by atoms with Gasteiger partial charge in [-0.25, -0.2) is 0 Å². The summed E-state index contributed by atoms with van der Waals surface area (Å²) in [6, 6.07) is 7.04. The van der Waals surface area contributed by atoms with E-state index in [0.29, 0.717) is 11.8 Å². The lowest BCUT2D eigenvalue weighted by Gasteiger charge is -2.19. The molecule has 1 atom stereocenters. The van der Waals surface area contributed by atoms with Crippen molar-refractivity contribution in [2.75, 3.05) is 0 Å². The van der Waals surface area contributed by atoms with Crippen LogP contribution in [0.15, 0.2) is 54.7 Å². The molecule has 2 aliphatic rings. The van der Waals surface area contributed by atoms with Crippen molar-refractivity contribution >= 4 is 11.1 Å². The fourth-order valence-corrected chi connectivity index (χ4v) is 3.28. The summed E-state index contributed by atoms with van der Waals surface area (Å²) < 4.78 is 0. The average molecular weight is 290 g/mol. The summed E-state index contributed by atoms with van der Waals surface area (Å²) >= 11 is 0. The van der Waals surface area contributed by atoms with Gasteiger partial charge in [0.05, 0.1) is 0 Å². The maximum atomic E-state index is 2.41. The molecule has 0 saturated heterocycles. The Morgan fingerprint density at radius 1 is 1.18 bits per heavy atom. The second-order valence-electron chi connectivity index (χ2n) is 6.85. The molecule has 0 bridgehead atoms. The smallest absolute Gasteiger partial charge is 0.0184 e. The van der Waals surface area contributed by atoms with Gasteiger partial charge in [0.25, 0.3) is 0 Å². The highest BCUT2D eigenvalue weighted by molar-refractivity contribution is 5.78. The van der Waals surface area contributed by atoms with Crippen LogP contribution in [0.3, 0.4) is 0 Å². The van der Waals surface area contributed by atoms with Crippen molar-refractivity contribution in [2.24, 2.45) is 5.92 Å². The Morgan fingerprint density at radius 2 is 2.05 bits per heavy atom. The monoisotopic (exact) mass is 290 g/mol. The Labute approximate surface area is 135 Å². The minimum absolute atomic E-state index is 0.550. The molecule has 0 fully saturated rings. The zero-order valence-electron chi connectivity index (χ0n) is 14.0. The molecule has 0 heteroatoms. The van der Waals surface area contributed by atoms with Crippen LogP contribution in [0.5, 0.6) is 0 Å². The first-order valence-electron chi connectivity index (χ1n) is 8.54. The van der Waals surface area contributed by atoms with Crippen molar-refractivity contribution in [3.63, 3.8) is 0 Å². The molecule has 114 valence electrons. The molecule has 22 heavy (non-hydrogen) atoms. The normalized spacial score (nSPS) is 21.0. The maximum Gasteiger partial charge on any atom is -0.0184 e. The largest absolute Gasteiger partial charge is 0.0842 e. The Bertz CT molecular complexity index is 665. The van der Waals surface area contributed by atoms with E-state index in [1.165, 1.54) is 27.8 Å². The molecule has 3 rings (SSSR count). The van der Waals surface area contributed by atoms with Crippen molar-refractivity contribution < 1.29 is 0 Å². The van der Waals surface area contributed by atoms with E-state index in [9.17, 15) is 0 Å². The molecule has 0 heterocycles. The lowest BCUT2D eigenvalue weighted by Crippen LogP contribution is -2.00. The fourth-order valence-electron chi connectivity index (χ4n) is 3.28. The van der Waals surface area contributed by atoms with E-state index < -0.39 is 0 Å². The second kappa shape index (κ2) is 6.52. The first-order valence-corrected chi connectivity index (χ1v) is 8.54. The molecule has 0 aromatic heterocycles. The van der Waals surface area contributed by atoms with Gasteiger partial charge in [0.2, 0.25) is 0 Å². The van der Waals surface area contributed by atoms with Crippen LogP contribution in [0.25, 0.3) is 11.1 Å². The number of rotatable bonds is 3. The molecule has 2 aliphatic carbocycles. The lowest BCUT2D eigenvalue weighted by molar-refractivity contribution is 0.739. The Balaban J connectivity index is 1.99. The zero-order valence-corrected chi connectivity index (χ0v) is 14.0. The van der Waals surface area contributed by atoms with E-state index in [0.717, 1.165) is 19.3 Å². The van der Waals surface area contributed by atoms with Gasteiger partial charge in [0.1, 0.15) is 0 Å². The number of allylic oxidation sites excluding steroid dienone is 8. The standard InChI is InChI=1S/C22H26/c1-16(2)22-15-20(18-11-9-17(3)10-12-18)13-14-21(22)19-7-5-4-6-8-19/h4-5,7,9,11-17H,6,8,10H2,1-3H3. The molecule has 0 radical (unpaired) electrons. The van der Waals surface area contributed by atoms with Gasteiger partial charge >= 0.3 is 0 Å². The summed E-state index contributed by atoms with van der Waals surface area (Å²) in [7, 11) is 0. The number of hydrogen-bond acceptors (Lipinski definition) is 0. The highest BCUT2D eigenvalue weighted by atomic mass is 14.2. The van der Waals surface area contributed by atoms with Crippen molar-refractivity contribution in [3.8, 4) is 0 Å². The molecule has 1 aromatic rings. The quantitative estimate of drug-likeness (QED) is 0.594. The number of benzene rings is 1. The van der Waals surface area contributed by atoms with E-state index in [-0.39, 0.29) is 0 Å². The number of hydrogen-bond donors (Lipinski definition) is 0. The molecular formula is C22H26. The third-order valence-electron chi connectivity index (χ3n) is 4.68. The van der Waals surface area contributed by atoms with Gasteiger partial charge in [-0.05, 0) is 58.9 Å². The van der Waals surface area contributed by atoms with E-state index in [1.807, 2.05) is 0 Å². The lowest BCUT2D eigenvalue weighted by atomic mass is 9.85. The third kappa shape index (κ3) is 3.16. The van der Waals surface area contributed by atoms with Gasteiger partial charge < -0.3 is 0 Å². The van der Waals surface area contributed by atoms with Crippen LogP contribution in [-0.2, 0) is 0 Å². The van der Waals surface area contributed by atoms with Gasteiger partial charge in [0, 0.05) is 0 Å². The molecule has 0 nitrogen and oxygen atoms in total. The Kier molecular flexibility index (Phi) is 4.47. The minimum Gasteiger partial charge on any atom is -0.0842 e. The highest BCUT2D eigenvalue weighted by Crippen LogP contribution is 2.34. The summed E-state index contributed by atoms with van der Waals surface area (Å²) in [5.74, 6) is 1.22. The van der Waals surface area contributed by atoms with Crippen LogP contribution >= 0.6 is 0 Å². The van der Waals surface area contributed by atoms with E-state index in [1.54, 1.807) is 0 Å². The van der Waals surface area contributed by atoms with Crippen LogP contribution in [-0.4, -0.2) is 0 Å². The molecule has 1 aromatic carbocycles. The first-order chi connectivity index (χ1) is 10.6. The SMILES string of the molecule is CC1C=CC(c2ccc(C3=CC=CCC3)c(C(C)C)c2)=CC1. The molecule has 0 aliphatic heterocycles. The zero-order chi connectivity index (χ0) is 15.5. The fraction of sp³-hybridized carbons (Fsp3) is 0.364. The molecule has 0 amide bonds. The predicted octanol–water partition coefficient (Wildman–Crippen LogP) is 6.52. The van der Waals surface area contributed by atoms with Crippen molar-refractivity contribution in [1.82, 2.24) is 0 Å². The minimum atomic E-state index is 0.550. The second-order valence-corrected chi connectivity index (χ2v) is 6.85. The summed E-state index contributed by atoms with van der Waals surface area (Å²) in [6.45, 7) is 6.87. The van der Waals surface area contributed by atoms with E-state index in [2.05, 4.69) is 75.4 Å². The topological polar surface area (TPSA) is 0 Å². The van der Waals surface area contributed by atoms with E-state index >= 15 is 0 Å². The van der Waals surface area contributed by atoms with Crippen molar-refractivity contribution in [3.05, 3.63) is 71.3 Å². The average Bonchev–Trinajstić information content (AvgIpc) is 2.56. The summed E-state index contributed by atoms with van der Waals surface area (Å²) in [5.41, 5.74) is 7.15. The van der Waals surface area contributed by atoms with Gasteiger partial charge in [-0.15, -0.1) is 0 Å². The van der Waals surface area contributed by atoms with Gasteiger partial charge in [-0.1, -0.05) is 75.4 Å². The molecule has 0 N–H and O–H groups in total. The van der Waals surface area contributed by atoms with Crippen molar-refractivity contribution in [2.45, 2.75) is 46.0 Å². The van der Waals surface area contributed by atoms with Crippen LogP contribution in [0, 0.1) is 5.92 Å². The predicted molar refractivity (Wildman–Crippen MR) is 97.8 cm³/mol. The maximum absolute atomic E-state index is 2.41. The van der Waals surface area contributed by atoms with Crippen LogP contribution < -0.4 is 0 Å². The molecule has 0 spiro atoms. The molecule has 0 saturated carbocycles. The summed E-state index contributed by atoms with van der Waals surface area (Å²) in [5, 5.41) is 0. The Morgan fingerprint density at radius 3 is 2.68 bits per heavy atom. The Hall–Kier alpha value is -1.82. The third-order valence-corrected chi connectivity index (χ3v) is 4.68. The highest BCUT2D eigenvalue weighted by Gasteiger charge is 2.14. The van der Waals surface area contributed by atoms with Crippen LogP contribution in [0.2, 0.25) is 0 Å². The van der Waals surface area contributed by atoms with Crippen molar-refractivity contribution in [1.29, 1.82) is 0 Å². The summed E-state index contributed by atoms with van der Waals surface area (Å²) in [6.07, 6.45) is 17.2.